The number of likely N-dealkylation sites (tertiary alicyclic amines) is 1. The summed E-state index contributed by atoms with van der Waals surface area (Å²) in [7, 11) is 0. The van der Waals surface area contributed by atoms with E-state index in [9.17, 15) is 29.4 Å². The number of hydrogen-bond donors (Lipinski definition) is 5. The number of phenols is 1. The van der Waals surface area contributed by atoms with Crippen molar-refractivity contribution < 1.29 is 38.9 Å². The second-order valence-electron chi connectivity index (χ2n) is 22.4. The Morgan fingerprint density at radius 1 is 0.861 bits per heavy atom. The number of β-amino-alcohol motifs (C(OH)–C–C–N with tert-alkyl or cyclic N) is 1. The maximum Gasteiger partial charge on any atom is 0.246 e. The summed E-state index contributed by atoms with van der Waals surface area (Å²) in [5.41, 5.74) is 12.4. The summed E-state index contributed by atoms with van der Waals surface area (Å²) < 4.78 is 12.6. The molecular weight excluding hydrogens is 1020 g/mol. The lowest BCUT2D eigenvalue weighted by atomic mass is 9.85. The van der Waals surface area contributed by atoms with Gasteiger partial charge in [0.25, 0.3) is 0 Å². The van der Waals surface area contributed by atoms with Gasteiger partial charge in [-0.15, -0.1) is 21.5 Å². The summed E-state index contributed by atoms with van der Waals surface area (Å²) >= 11 is 1.58. The highest BCUT2D eigenvalue weighted by Gasteiger charge is 2.45. The van der Waals surface area contributed by atoms with Gasteiger partial charge >= 0.3 is 0 Å². The third-order valence-corrected chi connectivity index (χ3v) is 16.3. The zero-order chi connectivity index (χ0) is 56.1. The highest BCUT2D eigenvalue weighted by atomic mass is 32.1. The number of anilines is 2. The van der Waals surface area contributed by atoms with E-state index in [-0.39, 0.29) is 66.7 Å². The number of nitrogens with two attached hydrogens (primary N) is 1. The van der Waals surface area contributed by atoms with E-state index in [0.717, 1.165) is 104 Å². The van der Waals surface area contributed by atoms with Crippen LogP contribution in [-0.2, 0) is 19.2 Å². The van der Waals surface area contributed by atoms with Crippen LogP contribution in [0.5, 0.6) is 17.2 Å². The quantitative estimate of drug-likeness (QED) is 0.0392. The van der Waals surface area contributed by atoms with Crippen molar-refractivity contribution in [2.45, 2.75) is 136 Å². The number of carbonyl (C=O) groups is 4. The number of amides is 4. The van der Waals surface area contributed by atoms with Gasteiger partial charge in [-0.3, -0.25) is 24.1 Å². The molecule has 6 N–H and O–H groups in total. The monoisotopic (exact) mass is 1100 g/mol. The molecule has 4 amide bonds. The number of benzene rings is 3. The van der Waals surface area contributed by atoms with E-state index in [1.54, 1.807) is 35.6 Å². The van der Waals surface area contributed by atoms with E-state index in [4.69, 9.17) is 15.2 Å². The van der Waals surface area contributed by atoms with Crippen LogP contribution in [0, 0.1) is 12.3 Å². The minimum absolute atomic E-state index is 0.0177. The maximum absolute atomic E-state index is 14.1. The predicted octanol–water partition coefficient (Wildman–Crippen LogP) is 7.93. The Kier molecular flexibility index (Phi) is 20.2. The van der Waals surface area contributed by atoms with Crippen LogP contribution >= 0.6 is 11.3 Å². The first-order valence-corrected chi connectivity index (χ1v) is 29.0. The number of unbranched alkanes of at least 4 members (excludes halogenated alkanes) is 5. The molecule has 5 aromatic rings. The first-order chi connectivity index (χ1) is 38.0. The molecule has 8 rings (SSSR count). The Morgan fingerprint density at radius 3 is 2.32 bits per heavy atom. The molecule has 0 spiro atoms. The lowest BCUT2D eigenvalue weighted by Crippen LogP contribution is -2.57. The topological polar surface area (TPSA) is 229 Å². The molecule has 3 aromatic carbocycles. The van der Waals surface area contributed by atoms with Crippen LogP contribution in [0.15, 0.2) is 84.4 Å². The first-order valence-electron chi connectivity index (χ1n) is 28.2. The number of aliphatic hydroxyl groups excluding tert-OH is 1. The molecular formula is C60H80N10O8S. The van der Waals surface area contributed by atoms with Crippen LogP contribution in [0.3, 0.4) is 0 Å². The van der Waals surface area contributed by atoms with Crippen molar-refractivity contribution >= 4 is 46.5 Å². The van der Waals surface area contributed by atoms with E-state index < -0.39 is 23.6 Å². The molecule has 5 heterocycles. The van der Waals surface area contributed by atoms with Gasteiger partial charge in [-0.05, 0) is 80.3 Å². The third-order valence-electron chi connectivity index (χ3n) is 15.3. The molecule has 424 valence electrons. The van der Waals surface area contributed by atoms with Crippen molar-refractivity contribution in [3.63, 3.8) is 0 Å². The third kappa shape index (κ3) is 15.9. The van der Waals surface area contributed by atoms with Crippen molar-refractivity contribution in [1.29, 1.82) is 0 Å². The van der Waals surface area contributed by atoms with Gasteiger partial charge in [0.2, 0.25) is 23.6 Å². The number of piperidine rings is 1. The fourth-order valence-electron chi connectivity index (χ4n) is 10.7. The second-order valence-corrected chi connectivity index (χ2v) is 23.3. The van der Waals surface area contributed by atoms with Crippen LogP contribution in [-0.4, -0.2) is 147 Å². The number of para-hydroxylation sites is 1. The zero-order valence-electron chi connectivity index (χ0n) is 46.6. The molecule has 5 unspecified atom stereocenters. The minimum atomic E-state index is -0.874. The number of phenolic OH excluding ortho intramolecular Hbond substituents is 1. The normalized spacial score (nSPS) is 18.7. The van der Waals surface area contributed by atoms with Crippen molar-refractivity contribution in [2.75, 3.05) is 69.6 Å². The molecule has 3 aliphatic heterocycles. The summed E-state index contributed by atoms with van der Waals surface area (Å²) in [4.78, 5) is 67.7. The number of nitrogens with zero attached hydrogens (tertiary/aromatic N) is 7. The Hall–Kier alpha value is -6.83. The van der Waals surface area contributed by atoms with Crippen molar-refractivity contribution in [3.05, 3.63) is 95.6 Å². The molecule has 3 saturated heterocycles. The van der Waals surface area contributed by atoms with Gasteiger partial charge in [-0.1, -0.05) is 88.9 Å². The molecule has 18 nitrogen and oxygen atoms in total. The zero-order valence-corrected chi connectivity index (χ0v) is 47.4. The molecule has 0 bridgehead atoms. The van der Waals surface area contributed by atoms with Crippen LogP contribution in [0.4, 0.5) is 11.5 Å². The molecule has 79 heavy (non-hydrogen) atoms. The van der Waals surface area contributed by atoms with Crippen molar-refractivity contribution in [2.24, 2.45) is 5.41 Å². The van der Waals surface area contributed by atoms with Crippen LogP contribution in [0.2, 0.25) is 0 Å². The fourth-order valence-corrected chi connectivity index (χ4v) is 11.5. The van der Waals surface area contributed by atoms with Crippen LogP contribution in [0.25, 0.3) is 21.7 Å². The first kappa shape index (κ1) is 58.3. The number of piperazine rings is 1. The average molecular weight is 1100 g/mol. The summed E-state index contributed by atoms with van der Waals surface area (Å²) in [5, 5.41) is 35.3. The highest BCUT2D eigenvalue weighted by Crippen LogP contribution is 2.34. The van der Waals surface area contributed by atoms with Gasteiger partial charge < -0.3 is 50.8 Å². The second kappa shape index (κ2) is 27.4. The number of carbonyl (C=O) groups excluding carboxylic acids is 4. The molecule has 3 aliphatic rings. The molecule has 3 fully saturated rings. The van der Waals surface area contributed by atoms with Gasteiger partial charge in [-0.25, -0.2) is 4.98 Å². The molecule has 0 saturated carbocycles. The van der Waals surface area contributed by atoms with Crippen LogP contribution < -0.4 is 30.7 Å². The largest absolute Gasteiger partial charge is 0.507 e. The standard InChI is InChI=1S/C60H80N10O8S/c1-40(42-23-25-43(26-24-42)55-41(2)62-39-79-55)63-58(75)50-35-45(71)37-70(50)59(76)56(60(3,4)5)64-53(73)21-10-8-6-7-9-11-22-54(74)68-30-28-67(29-31-68)32-33-77-46-17-14-16-44(34-46)69-27-15-18-47(38-69)78-52-36-49(65-66-57(52)61)48-19-12-13-20-51(48)72/h12-14,16-17,19-20,23-26,34,36,39-40,45,47,50,56,71-72H,6-11,15,18,21-22,27-33,35,37-38H2,1-5H3,(H2,61,66)(H,63,75)(H,64,73). The Balaban J connectivity index is 0.679. The smallest absolute Gasteiger partial charge is 0.246 e. The van der Waals surface area contributed by atoms with Gasteiger partial charge in [0, 0.05) is 88.5 Å². The van der Waals surface area contributed by atoms with Gasteiger partial charge in [-0.2, -0.15) is 0 Å². The SMILES string of the molecule is Cc1ncsc1-c1ccc(C(C)NC(=O)C2CC(O)CN2C(=O)C(NC(=O)CCCCCCCCC(=O)N2CCN(CCOc3cccc(N4CCCC(Oc5cc(-c6ccccc6O)nnc5N)C4)c3)CC2)C(C)(C)C)cc1. The summed E-state index contributed by atoms with van der Waals surface area (Å²) in [6.07, 6.45) is 7.01. The van der Waals surface area contributed by atoms with E-state index >= 15 is 0 Å². The Morgan fingerprint density at radius 2 is 1.59 bits per heavy atom. The van der Waals surface area contributed by atoms with E-state index in [2.05, 4.69) is 47.7 Å². The van der Waals surface area contributed by atoms with E-state index in [1.807, 2.05) is 87.5 Å². The molecule has 5 atom stereocenters. The average Bonchev–Trinajstić information content (AvgIpc) is 4.23. The summed E-state index contributed by atoms with van der Waals surface area (Å²) in [6.45, 7) is 15.4. The number of thiazole rings is 1. The fraction of sp³-hybridized carbons (Fsp3) is 0.517. The number of rotatable bonds is 23. The van der Waals surface area contributed by atoms with Gasteiger partial charge in [0.15, 0.2) is 11.6 Å². The number of ether oxygens (including phenoxy) is 2. The summed E-state index contributed by atoms with van der Waals surface area (Å²) in [6, 6.07) is 22.8. The molecule has 2 aromatic heterocycles. The summed E-state index contributed by atoms with van der Waals surface area (Å²) in [5.74, 6) is 0.834. The number of nitrogen functional groups attached to an aromatic ring is 1. The van der Waals surface area contributed by atoms with Crippen molar-refractivity contribution in [1.82, 2.24) is 40.5 Å². The highest BCUT2D eigenvalue weighted by molar-refractivity contribution is 7.13. The minimum Gasteiger partial charge on any atom is -0.507 e. The number of aromatic hydroxyl groups is 1. The van der Waals surface area contributed by atoms with Gasteiger partial charge in [0.1, 0.15) is 42.0 Å². The number of nitrogens with one attached hydrogen (secondary N) is 2. The molecule has 0 radical (unpaired) electrons. The molecule has 0 aliphatic carbocycles. The molecule has 19 heteroatoms. The van der Waals surface area contributed by atoms with Crippen LogP contribution in [0.1, 0.15) is 116 Å². The number of aromatic nitrogens is 3. The maximum atomic E-state index is 14.1. The number of hydrogen-bond acceptors (Lipinski definition) is 15. The lowest BCUT2D eigenvalue weighted by molar-refractivity contribution is -0.144. The lowest BCUT2D eigenvalue weighted by Gasteiger charge is -2.35. The van der Waals surface area contributed by atoms with E-state index in [1.165, 1.54) is 4.90 Å². The Bertz CT molecular complexity index is 2830. The number of aryl methyl sites for hydroxylation is 1. The predicted molar refractivity (Wildman–Crippen MR) is 308 cm³/mol. The number of aliphatic hydroxyl groups is 1. The van der Waals surface area contributed by atoms with Crippen molar-refractivity contribution in [3.8, 4) is 38.9 Å². The van der Waals surface area contributed by atoms with Gasteiger partial charge in [0.05, 0.1) is 34.8 Å². The van der Waals surface area contributed by atoms with E-state index in [0.29, 0.717) is 56.1 Å². The Labute approximate surface area is 469 Å².